The monoisotopic (exact) mass is 248 g/mol. The van der Waals surface area contributed by atoms with Gasteiger partial charge in [0.1, 0.15) is 0 Å². The molecular formula is C15H24N2O. The van der Waals surface area contributed by atoms with Crippen LogP contribution >= 0.6 is 0 Å². The van der Waals surface area contributed by atoms with E-state index < -0.39 is 0 Å². The largest absolute Gasteiger partial charge is 0.392 e. The van der Waals surface area contributed by atoms with Crippen LogP contribution in [0.15, 0.2) is 24.3 Å². The maximum absolute atomic E-state index is 9.05. The molecule has 2 rings (SSSR count). The smallest absolute Gasteiger partial charge is 0.0681 e. The molecule has 0 amide bonds. The van der Waals surface area contributed by atoms with Crippen LogP contribution in [0.2, 0.25) is 0 Å². The quantitative estimate of drug-likeness (QED) is 0.864. The standard InChI is InChI=1S/C15H24N2O/c1-16(2)15(9-4-10-15)12-17(3)14-7-5-13(11-18)6-8-14/h5-8,18H,4,9-12H2,1-3H3. The van der Waals surface area contributed by atoms with Gasteiger partial charge in [0.25, 0.3) is 0 Å². The third-order valence-electron chi connectivity index (χ3n) is 4.32. The fourth-order valence-corrected chi connectivity index (χ4v) is 2.72. The summed E-state index contributed by atoms with van der Waals surface area (Å²) in [6, 6.07) is 8.17. The van der Waals surface area contributed by atoms with Gasteiger partial charge in [0, 0.05) is 24.8 Å². The summed E-state index contributed by atoms with van der Waals surface area (Å²) in [6.07, 6.45) is 3.92. The van der Waals surface area contributed by atoms with E-state index in [0.29, 0.717) is 5.54 Å². The zero-order chi connectivity index (χ0) is 13.2. The Balaban J connectivity index is 2.04. The van der Waals surface area contributed by atoms with Crippen molar-refractivity contribution in [3.8, 4) is 0 Å². The molecule has 0 spiro atoms. The second-order valence-electron chi connectivity index (χ2n) is 5.65. The molecule has 0 aromatic heterocycles. The topological polar surface area (TPSA) is 26.7 Å². The molecule has 1 fully saturated rings. The van der Waals surface area contributed by atoms with E-state index in [0.717, 1.165) is 12.1 Å². The van der Waals surface area contributed by atoms with Crippen LogP contribution in [-0.4, -0.2) is 43.2 Å². The zero-order valence-electron chi connectivity index (χ0n) is 11.7. The fourth-order valence-electron chi connectivity index (χ4n) is 2.72. The van der Waals surface area contributed by atoms with Crippen molar-refractivity contribution in [2.45, 2.75) is 31.4 Å². The minimum Gasteiger partial charge on any atom is -0.392 e. The molecule has 1 aromatic rings. The molecule has 3 heteroatoms. The van der Waals surface area contributed by atoms with E-state index in [4.69, 9.17) is 5.11 Å². The maximum Gasteiger partial charge on any atom is 0.0681 e. The van der Waals surface area contributed by atoms with Gasteiger partial charge in [-0.3, -0.25) is 0 Å². The lowest BCUT2D eigenvalue weighted by molar-refractivity contribution is 0.0683. The van der Waals surface area contributed by atoms with Crippen LogP contribution < -0.4 is 4.90 Å². The first-order valence-electron chi connectivity index (χ1n) is 6.66. The van der Waals surface area contributed by atoms with Crippen molar-refractivity contribution in [1.82, 2.24) is 4.90 Å². The molecule has 1 aliphatic rings. The third kappa shape index (κ3) is 2.52. The molecule has 0 heterocycles. The summed E-state index contributed by atoms with van der Waals surface area (Å²) in [6.45, 7) is 1.18. The van der Waals surface area contributed by atoms with Crippen molar-refractivity contribution in [2.24, 2.45) is 0 Å². The number of hydrogen-bond donors (Lipinski definition) is 1. The van der Waals surface area contributed by atoms with Crippen LogP contribution in [0, 0.1) is 0 Å². The van der Waals surface area contributed by atoms with Crippen molar-refractivity contribution in [1.29, 1.82) is 0 Å². The van der Waals surface area contributed by atoms with E-state index in [1.807, 2.05) is 12.1 Å². The van der Waals surface area contributed by atoms with Gasteiger partial charge in [-0.05, 0) is 51.1 Å². The molecule has 0 saturated heterocycles. The Labute approximate surface area is 110 Å². The second kappa shape index (κ2) is 5.29. The number of rotatable bonds is 5. The number of aliphatic hydroxyl groups is 1. The van der Waals surface area contributed by atoms with Gasteiger partial charge >= 0.3 is 0 Å². The maximum atomic E-state index is 9.05. The normalized spacial score (nSPS) is 17.6. The van der Waals surface area contributed by atoms with E-state index in [1.165, 1.54) is 24.9 Å². The predicted molar refractivity (Wildman–Crippen MR) is 75.9 cm³/mol. The average molecular weight is 248 g/mol. The summed E-state index contributed by atoms with van der Waals surface area (Å²) >= 11 is 0. The van der Waals surface area contributed by atoms with Crippen molar-refractivity contribution >= 4 is 5.69 Å². The number of nitrogens with zero attached hydrogens (tertiary/aromatic N) is 2. The number of aliphatic hydroxyl groups excluding tert-OH is 1. The van der Waals surface area contributed by atoms with Crippen LogP contribution in [-0.2, 0) is 6.61 Å². The van der Waals surface area contributed by atoms with Gasteiger partial charge in [0.05, 0.1) is 6.61 Å². The molecule has 3 nitrogen and oxygen atoms in total. The van der Waals surface area contributed by atoms with Crippen molar-refractivity contribution in [2.75, 3.05) is 32.6 Å². The van der Waals surface area contributed by atoms with Gasteiger partial charge in [-0.15, -0.1) is 0 Å². The molecule has 0 bridgehead atoms. The number of hydrogen-bond acceptors (Lipinski definition) is 3. The highest BCUT2D eigenvalue weighted by Gasteiger charge is 2.39. The summed E-state index contributed by atoms with van der Waals surface area (Å²) in [5, 5.41) is 9.05. The molecule has 1 N–H and O–H groups in total. The Morgan fingerprint density at radius 3 is 2.11 bits per heavy atom. The third-order valence-corrected chi connectivity index (χ3v) is 4.32. The van der Waals surface area contributed by atoms with Gasteiger partial charge < -0.3 is 14.9 Å². The van der Waals surface area contributed by atoms with Crippen LogP contribution in [0.1, 0.15) is 24.8 Å². The van der Waals surface area contributed by atoms with Crippen LogP contribution in [0.3, 0.4) is 0 Å². The Kier molecular flexibility index (Phi) is 3.93. The average Bonchev–Trinajstić information content (AvgIpc) is 2.33. The Morgan fingerprint density at radius 1 is 1.11 bits per heavy atom. The molecule has 0 atom stereocenters. The molecule has 0 aliphatic heterocycles. The van der Waals surface area contributed by atoms with Crippen molar-refractivity contribution in [3.63, 3.8) is 0 Å². The Bertz CT molecular complexity index is 382. The molecule has 1 aliphatic carbocycles. The Hall–Kier alpha value is -1.06. The first-order valence-corrected chi connectivity index (χ1v) is 6.66. The number of anilines is 1. The summed E-state index contributed by atoms with van der Waals surface area (Å²) in [5.74, 6) is 0. The molecular weight excluding hydrogens is 224 g/mol. The highest BCUT2D eigenvalue weighted by Crippen LogP contribution is 2.37. The lowest BCUT2D eigenvalue weighted by atomic mass is 9.75. The van der Waals surface area contributed by atoms with Gasteiger partial charge in [0.15, 0.2) is 0 Å². The molecule has 0 radical (unpaired) electrons. The molecule has 1 aromatic carbocycles. The lowest BCUT2D eigenvalue weighted by Gasteiger charge is -2.49. The number of likely N-dealkylation sites (N-methyl/N-ethyl adjacent to an activating group) is 2. The highest BCUT2D eigenvalue weighted by molar-refractivity contribution is 5.47. The van der Waals surface area contributed by atoms with E-state index in [1.54, 1.807) is 0 Å². The molecule has 0 unspecified atom stereocenters. The molecule has 18 heavy (non-hydrogen) atoms. The van der Waals surface area contributed by atoms with Crippen LogP contribution in [0.25, 0.3) is 0 Å². The Morgan fingerprint density at radius 2 is 1.72 bits per heavy atom. The van der Waals surface area contributed by atoms with E-state index >= 15 is 0 Å². The van der Waals surface area contributed by atoms with E-state index in [9.17, 15) is 0 Å². The highest BCUT2D eigenvalue weighted by atomic mass is 16.3. The molecule has 1 saturated carbocycles. The van der Waals surface area contributed by atoms with Crippen LogP contribution in [0.5, 0.6) is 0 Å². The number of benzene rings is 1. The van der Waals surface area contributed by atoms with Gasteiger partial charge in [-0.1, -0.05) is 12.1 Å². The van der Waals surface area contributed by atoms with Gasteiger partial charge in [-0.2, -0.15) is 0 Å². The van der Waals surface area contributed by atoms with E-state index in [2.05, 4.69) is 43.1 Å². The SMILES string of the molecule is CN(CC1(N(C)C)CCC1)c1ccc(CO)cc1. The van der Waals surface area contributed by atoms with Gasteiger partial charge in [-0.25, -0.2) is 0 Å². The first kappa shape index (κ1) is 13.4. The summed E-state index contributed by atoms with van der Waals surface area (Å²) in [7, 11) is 6.52. The summed E-state index contributed by atoms with van der Waals surface area (Å²) in [5.41, 5.74) is 2.54. The zero-order valence-corrected chi connectivity index (χ0v) is 11.7. The lowest BCUT2D eigenvalue weighted by Crippen LogP contribution is -2.56. The second-order valence-corrected chi connectivity index (χ2v) is 5.65. The van der Waals surface area contributed by atoms with Crippen molar-refractivity contribution in [3.05, 3.63) is 29.8 Å². The first-order chi connectivity index (χ1) is 8.57. The summed E-state index contributed by atoms with van der Waals surface area (Å²) in [4.78, 5) is 4.69. The fraction of sp³-hybridized carbons (Fsp3) is 0.600. The summed E-state index contributed by atoms with van der Waals surface area (Å²) < 4.78 is 0. The minimum absolute atomic E-state index is 0.117. The van der Waals surface area contributed by atoms with E-state index in [-0.39, 0.29) is 6.61 Å². The predicted octanol–water partition coefficient (Wildman–Crippen LogP) is 2.10. The minimum atomic E-state index is 0.117. The molecule has 100 valence electrons. The van der Waals surface area contributed by atoms with Crippen LogP contribution in [0.4, 0.5) is 5.69 Å². The van der Waals surface area contributed by atoms with Gasteiger partial charge in [0.2, 0.25) is 0 Å². The van der Waals surface area contributed by atoms with Crippen molar-refractivity contribution < 1.29 is 5.11 Å².